The van der Waals surface area contributed by atoms with E-state index in [1.54, 1.807) is 26.4 Å². The molecule has 6 heteroatoms. The molecule has 0 aromatic heterocycles. The maximum Gasteiger partial charge on any atom is 0.268 e. The summed E-state index contributed by atoms with van der Waals surface area (Å²) in [5.41, 5.74) is 1.07. The number of thioether (sulfide) groups is 1. The number of carbonyl (C=O) groups excluding carboxylic acids is 2. The summed E-state index contributed by atoms with van der Waals surface area (Å²) in [4.78, 5) is 27.2. The van der Waals surface area contributed by atoms with Crippen LogP contribution in [0.15, 0.2) is 29.2 Å². The Morgan fingerprint density at radius 2 is 1.83 bits per heavy atom. The molecule has 1 aliphatic rings. The van der Waals surface area contributed by atoms with Crippen LogP contribution >= 0.6 is 11.8 Å². The van der Waals surface area contributed by atoms with Gasteiger partial charge in [0.05, 0.1) is 30.7 Å². The molecule has 2 rings (SSSR count). The third kappa shape index (κ3) is 3.59. The van der Waals surface area contributed by atoms with Crippen molar-refractivity contribution in [2.75, 3.05) is 27.4 Å². The fourth-order valence-corrected chi connectivity index (χ4v) is 3.37. The van der Waals surface area contributed by atoms with Gasteiger partial charge in [-0.2, -0.15) is 0 Å². The molecule has 0 unspecified atom stereocenters. The molecule has 1 aliphatic heterocycles. The van der Waals surface area contributed by atoms with Gasteiger partial charge in [-0.15, -0.1) is 11.8 Å². The fourth-order valence-electron chi connectivity index (χ4n) is 2.37. The van der Waals surface area contributed by atoms with Gasteiger partial charge in [0.2, 0.25) is 0 Å². The Morgan fingerprint density at radius 1 is 1.13 bits per heavy atom. The molecule has 1 aromatic rings. The molecule has 1 aromatic carbocycles. The number of nitrogens with zero attached hydrogens (tertiary/aromatic N) is 1. The number of amides is 2. The minimum Gasteiger partial charge on any atom is -0.496 e. The second kappa shape index (κ2) is 7.66. The molecular weight excluding hydrogens is 314 g/mol. The average Bonchev–Trinajstić information content (AvgIpc) is 2.75. The quantitative estimate of drug-likeness (QED) is 0.717. The van der Waals surface area contributed by atoms with Gasteiger partial charge in [-0.1, -0.05) is 32.0 Å². The number of methoxy groups -OCH3 is 2. The van der Waals surface area contributed by atoms with Crippen molar-refractivity contribution in [2.24, 2.45) is 0 Å². The Bertz CT molecular complexity index is 639. The fraction of sp³-hybridized carbons (Fsp3) is 0.412. The second-order valence-electron chi connectivity index (χ2n) is 5.33. The van der Waals surface area contributed by atoms with Crippen molar-refractivity contribution in [1.82, 2.24) is 4.90 Å². The van der Waals surface area contributed by atoms with Crippen LogP contribution in [0.5, 0.6) is 5.75 Å². The zero-order chi connectivity index (χ0) is 17.0. The molecule has 2 amide bonds. The molecule has 5 nitrogen and oxygen atoms in total. The van der Waals surface area contributed by atoms with Gasteiger partial charge >= 0.3 is 0 Å². The summed E-state index contributed by atoms with van der Waals surface area (Å²) in [5, 5.41) is 0.189. The first-order chi connectivity index (χ1) is 11.0. The lowest BCUT2D eigenvalue weighted by Crippen LogP contribution is -2.34. The maximum atomic E-state index is 12.8. The minimum atomic E-state index is -0.292. The number of para-hydroxylation sites is 1. The van der Waals surface area contributed by atoms with Gasteiger partial charge in [0, 0.05) is 17.9 Å². The summed E-state index contributed by atoms with van der Waals surface area (Å²) in [7, 11) is 3.10. The van der Waals surface area contributed by atoms with Crippen LogP contribution < -0.4 is 4.74 Å². The monoisotopic (exact) mass is 335 g/mol. The Labute approximate surface area is 140 Å². The average molecular weight is 335 g/mol. The molecule has 0 fully saturated rings. The topological polar surface area (TPSA) is 55.8 Å². The van der Waals surface area contributed by atoms with E-state index in [1.165, 1.54) is 16.7 Å². The van der Waals surface area contributed by atoms with E-state index < -0.39 is 0 Å². The third-order valence-corrected chi connectivity index (χ3v) is 4.46. The van der Waals surface area contributed by atoms with E-state index in [0.29, 0.717) is 28.4 Å². The smallest absolute Gasteiger partial charge is 0.268 e. The Hall–Kier alpha value is -1.79. The first-order valence-corrected chi connectivity index (χ1v) is 8.28. The van der Waals surface area contributed by atoms with Crippen LogP contribution in [0.25, 0.3) is 5.57 Å². The SMILES string of the molecule is COCCN1C(=O)C(SC(C)C)=C(c2ccccc2OC)C1=O. The van der Waals surface area contributed by atoms with Crippen LogP contribution in [0, 0.1) is 0 Å². The molecule has 0 bridgehead atoms. The number of benzene rings is 1. The summed E-state index contributed by atoms with van der Waals surface area (Å²) < 4.78 is 10.4. The van der Waals surface area contributed by atoms with Crippen LogP contribution in [0.1, 0.15) is 19.4 Å². The highest BCUT2D eigenvalue weighted by molar-refractivity contribution is 8.04. The number of carbonyl (C=O) groups is 2. The second-order valence-corrected chi connectivity index (χ2v) is 6.91. The van der Waals surface area contributed by atoms with Crippen molar-refractivity contribution in [3.05, 3.63) is 34.7 Å². The maximum absolute atomic E-state index is 12.8. The lowest BCUT2D eigenvalue weighted by molar-refractivity contribution is -0.137. The van der Waals surface area contributed by atoms with Gasteiger partial charge in [-0.3, -0.25) is 14.5 Å². The molecule has 23 heavy (non-hydrogen) atoms. The Balaban J connectivity index is 2.51. The molecule has 124 valence electrons. The number of ether oxygens (including phenoxy) is 2. The van der Waals surface area contributed by atoms with Gasteiger partial charge in [0.15, 0.2) is 0 Å². The highest BCUT2D eigenvalue weighted by Gasteiger charge is 2.40. The van der Waals surface area contributed by atoms with E-state index in [-0.39, 0.29) is 23.6 Å². The van der Waals surface area contributed by atoms with Crippen molar-refractivity contribution in [3.8, 4) is 5.75 Å². The van der Waals surface area contributed by atoms with Gasteiger partial charge in [0.1, 0.15) is 5.75 Å². The zero-order valence-corrected chi connectivity index (χ0v) is 14.6. The molecule has 0 aliphatic carbocycles. The molecule has 0 radical (unpaired) electrons. The van der Waals surface area contributed by atoms with E-state index in [9.17, 15) is 9.59 Å². The zero-order valence-electron chi connectivity index (χ0n) is 13.8. The van der Waals surface area contributed by atoms with E-state index in [2.05, 4.69) is 0 Å². The number of hydrogen-bond donors (Lipinski definition) is 0. The standard InChI is InChI=1S/C17H21NO4S/c1-11(2)23-15-14(12-7-5-6-8-13(12)22-4)16(19)18(17(15)20)9-10-21-3/h5-8,11H,9-10H2,1-4H3. The van der Waals surface area contributed by atoms with E-state index in [1.807, 2.05) is 26.0 Å². The van der Waals surface area contributed by atoms with Gasteiger partial charge in [0.25, 0.3) is 11.8 Å². The first-order valence-electron chi connectivity index (χ1n) is 7.40. The van der Waals surface area contributed by atoms with Gasteiger partial charge in [-0.25, -0.2) is 0 Å². The summed E-state index contributed by atoms with van der Waals surface area (Å²) >= 11 is 1.40. The predicted octanol–water partition coefficient (Wildman–Crippen LogP) is 2.56. The van der Waals surface area contributed by atoms with Crippen molar-refractivity contribution in [1.29, 1.82) is 0 Å². The van der Waals surface area contributed by atoms with E-state index in [0.717, 1.165) is 0 Å². The van der Waals surface area contributed by atoms with Crippen LogP contribution in [0.4, 0.5) is 0 Å². The number of imide groups is 1. The highest BCUT2D eigenvalue weighted by atomic mass is 32.2. The minimum absolute atomic E-state index is 0.189. The van der Waals surface area contributed by atoms with Crippen molar-refractivity contribution in [2.45, 2.75) is 19.1 Å². The summed E-state index contributed by atoms with van der Waals surface area (Å²) in [6, 6.07) is 7.26. The highest BCUT2D eigenvalue weighted by Crippen LogP contribution is 2.40. The Kier molecular flexibility index (Phi) is 5.85. The van der Waals surface area contributed by atoms with Crippen LogP contribution in [-0.4, -0.2) is 49.3 Å². The largest absolute Gasteiger partial charge is 0.496 e. The molecule has 0 saturated heterocycles. The van der Waals surface area contributed by atoms with Crippen LogP contribution in [0.2, 0.25) is 0 Å². The van der Waals surface area contributed by atoms with E-state index >= 15 is 0 Å². The summed E-state index contributed by atoms with van der Waals surface area (Å²) in [6.07, 6.45) is 0. The molecule has 0 spiro atoms. The van der Waals surface area contributed by atoms with Gasteiger partial charge in [-0.05, 0) is 6.07 Å². The molecule has 0 atom stereocenters. The lowest BCUT2D eigenvalue weighted by Gasteiger charge is -2.14. The predicted molar refractivity (Wildman–Crippen MR) is 91.2 cm³/mol. The molecular formula is C17H21NO4S. The first kappa shape index (κ1) is 17.6. The summed E-state index contributed by atoms with van der Waals surface area (Å²) in [5.74, 6) is 0.0328. The molecule has 0 N–H and O–H groups in total. The lowest BCUT2D eigenvalue weighted by atomic mass is 10.1. The number of hydrogen-bond acceptors (Lipinski definition) is 5. The van der Waals surface area contributed by atoms with Crippen molar-refractivity contribution in [3.63, 3.8) is 0 Å². The van der Waals surface area contributed by atoms with Crippen molar-refractivity contribution < 1.29 is 19.1 Å². The molecule has 0 saturated carbocycles. The van der Waals surface area contributed by atoms with Crippen molar-refractivity contribution >= 4 is 29.1 Å². The normalized spacial score (nSPS) is 15.1. The van der Waals surface area contributed by atoms with Crippen LogP contribution in [-0.2, 0) is 14.3 Å². The Morgan fingerprint density at radius 3 is 2.43 bits per heavy atom. The van der Waals surface area contributed by atoms with E-state index in [4.69, 9.17) is 9.47 Å². The third-order valence-electron chi connectivity index (χ3n) is 3.37. The molecule has 1 heterocycles. The van der Waals surface area contributed by atoms with Crippen LogP contribution in [0.3, 0.4) is 0 Å². The summed E-state index contributed by atoms with van der Waals surface area (Å²) in [6.45, 7) is 4.55. The van der Waals surface area contributed by atoms with Gasteiger partial charge < -0.3 is 9.47 Å². The number of rotatable bonds is 7.